The molecule has 11 heterocycles. The number of aromatic amines is 1. The molecule has 0 unspecified atom stereocenters. The number of carbonyl (C=O) groups is 3. The van der Waals surface area contributed by atoms with Gasteiger partial charge in [0.05, 0.1) is 29.9 Å². The van der Waals surface area contributed by atoms with Crippen LogP contribution in [0.25, 0.3) is 55.2 Å². The number of hydrogen-bond donors (Lipinski definition) is 2. The van der Waals surface area contributed by atoms with Crippen molar-refractivity contribution in [3.8, 4) is 11.4 Å². The molecule has 0 radical (unpaired) electrons. The molecule has 3 aliphatic rings. The van der Waals surface area contributed by atoms with Crippen LogP contribution in [-0.2, 0) is 9.53 Å². The number of anilines is 3. The van der Waals surface area contributed by atoms with Crippen molar-refractivity contribution in [3.63, 3.8) is 0 Å². The molecule has 3 aliphatic heterocycles. The van der Waals surface area contributed by atoms with Gasteiger partial charge < -0.3 is 57.3 Å². The highest BCUT2D eigenvalue weighted by Crippen LogP contribution is 2.32. The maximum Gasteiger partial charge on any atom is 0.410 e. The van der Waals surface area contributed by atoms with Crippen LogP contribution in [0.4, 0.5) is 26.6 Å². The number of fused-ring (bicyclic) bond motifs is 4. The number of nitrogens with zero attached hydrogens (tertiary/aromatic N) is 10. The molecule has 0 spiro atoms. The van der Waals surface area contributed by atoms with Gasteiger partial charge in [-0.05, 0) is 69.3 Å². The van der Waals surface area contributed by atoms with E-state index in [1.54, 1.807) is 36.1 Å². The van der Waals surface area contributed by atoms with E-state index >= 15 is 0 Å². The Labute approximate surface area is 405 Å². The van der Waals surface area contributed by atoms with Crippen LogP contribution in [0.5, 0.6) is 0 Å². The van der Waals surface area contributed by atoms with Crippen LogP contribution in [0, 0.1) is 5.82 Å². The Bertz CT molecular complexity index is 3300. The number of hydrogen-bond acceptors (Lipinski definition) is 17. The van der Waals surface area contributed by atoms with E-state index in [0.29, 0.717) is 74.8 Å². The van der Waals surface area contributed by atoms with E-state index in [0.717, 1.165) is 71.5 Å². The number of piperazine rings is 3. The summed E-state index contributed by atoms with van der Waals surface area (Å²) in [6.07, 6.45) is 12.6. The number of carbonyl (C=O) groups excluding carboxylic acids is 3. The zero-order chi connectivity index (χ0) is 49.1. The number of aromatic nitrogens is 6. The fraction of sp³-hybridized carbons (Fsp3) is 0.320. The van der Waals surface area contributed by atoms with E-state index in [4.69, 9.17) is 22.5 Å². The minimum atomic E-state index is -0.782. The molecule has 8 aromatic heterocycles. The molecule has 2 N–H and O–H groups in total. The highest BCUT2D eigenvalue weighted by Gasteiger charge is 2.32. The monoisotopic (exact) mass is 966 g/mol. The summed E-state index contributed by atoms with van der Waals surface area (Å²) in [6.45, 7) is 13.9. The Morgan fingerprint density at radius 1 is 0.634 bits per heavy atom. The molecule has 9 aromatic rings. The summed E-state index contributed by atoms with van der Waals surface area (Å²) in [5, 5.41) is 10.2. The number of nitrogens with one attached hydrogen (secondary N) is 2. The number of ether oxygens (including phenoxy) is 1. The Morgan fingerprint density at radius 2 is 1.14 bits per heavy atom. The molecule has 1 aromatic carbocycles. The molecule has 0 aliphatic carbocycles. The standard InChI is InChI=1S/C23H17FN6O4.C16H21N3O3.C11H13N3O/c24-16-2-1-14(21-27-12-34-28-21)18-17(16)15(11-26-18)19(31)23(32)30-8-6-29(7-9-30)22-20-13(3-5-25-22)4-10-33-20;1-16(2,3)22-15(20)19-9-7-18(8-10-19)14-13-12(4-6-17-14)5-11-21-13;1-3-13-11(10-9(1)2-8-15-10)14-6-4-12-5-7-14/h1-5,10-12,26H,6-9H2;4-6,11H,7-10H2,1-3H3;1-3,8,12H,4-7H2. The topological polar surface area (TPSA) is 221 Å². The molecule has 0 atom stereocenters. The summed E-state index contributed by atoms with van der Waals surface area (Å²) in [5.74, 6) is 0.665. The molecule has 21 heteroatoms. The third-order valence-corrected chi connectivity index (χ3v) is 12.4. The first-order chi connectivity index (χ1) is 34.5. The number of halogens is 1. The van der Waals surface area contributed by atoms with E-state index in [1.165, 1.54) is 23.2 Å². The van der Waals surface area contributed by atoms with Crippen molar-refractivity contribution in [1.82, 2.24) is 45.2 Å². The van der Waals surface area contributed by atoms with Gasteiger partial charge in [0.15, 0.2) is 34.2 Å². The van der Waals surface area contributed by atoms with Crippen LogP contribution in [0.2, 0.25) is 0 Å². The van der Waals surface area contributed by atoms with Crippen molar-refractivity contribution in [3.05, 3.63) is 110 Å². The average Bonchev–Trinajstić information content (AvgIpc) is 4.26. The van der Waals surface area contributed by atoms with Crippen LogP contribution in [0.1, 0.15) is 31.1 Å². The second-order valence-electron chi connectivity index (χ2n) is 18.0. The zero-order valence-corrected chi connectivity index (χ0v) is 39.3. The predicted molar refractivity (Wildman–Crippen MR) is 262 cm³/mol. The highest BCUT2D eigenvalue weighted by atomic mass is 19.1. The molecule has 3 fully saturated rings. The molecule has 366 valence electrons. The number of rotatable bonds is 6. The highest BCUT2D eigenvalue weighted by molar-refractivity contribution is 6.45. The zero-order valence-electron chi connectivity index (χ0n) is 39.3. The summed E-state index contributed by atoms with van der Waals surface area (Å²) >= 11 is 0. The van der Waals surface area contributed by atoms with Crippen LogP contribution >= 0.6 is 0 Å². The van der Waals surface area contributed by atoms with E-state index in [9.17, 15) is 18.8 Å². The van der Waals surface area contributed by atoms with Crippen molar-refractivity contribution in [2.24, 2.45) is 0 Å². The lowest BCUT2D eigenvalue weighted by molar-refractivity contribution is -0.126. The minimum Gasteiger partial charge on any atom is -0.460 e. The Morgan fingerprint density at radius 3 is 1.63 bits per heavy atom. The molecule has 0 saturated carbocycles. The molecule has 0 bridgehead atoms. The lowest BCUT2D eigenvalue weighted by Gasteiger charge is -2.36. The van der Waals surface area contributed by atoms with Crippen LogP contribution in [-0.4, -0.2) is 142 Å². The number of amides is 2. The first-order valence-electron chi connectivity index (χ1n) is 23.3. The number of ketones is 1. The van der Waals surface area contributed by atoms with Crippen molar-refractivity contribution in [2.75, 3.05) is 93.2 Å². The quantitative estimate of drug-likeness (QED) is 0.125. The van der Waals surface area contributed by atoms with E-state index in [2.05, 4.69) is 45.2 Å². The third-order valence-electron chi connectivity index (χ3n) is 12.4. The lowest BCUT2D eigenvalue weighted by Crippen LogP contribution is -2.50. The number of furan rings is 3. The number of benzene rings is 1. The molecule has 12 rings (SSSR count). The Kier molecular flexibility index (Phi) is 13.0. The lowest BCUT2D eigenvalue weighted by atomic mass is 10.0. The van der Waals surface area contributed by atoms with Gasteiger partial charge in [-0.3, -0.25) is 9.59 Å². The molecule has 20 nitrogen and oxygen atoms in total. The second kappa shape index (κ2) is 19.9. The fourth-order valence-electron chi connectivity index (χ4n) is 8.86. The van der Waals surface area contributed by atoms with Crippen molar-refractivity contribution < 1.29 is 41.3 Å². The van der Waals surface area contributed by atoms with Gasteiger partial charge in [0, 0.05) is 130 Å². The normalized spacial score (nSPS) is 15.5. The minimum absolute atomic E-state index is 0.0213. The third kappa shape index (κ3) is 9.80. The van der Waals surface area contributed by atoms with Crippen molar-refractivity contribution >= 4 is 79.0 Å². The number of pyridine rings is 3. The van der Waals surface area contributed by atoms with Crippen LogP contribution < -0.4 is 20.0 Å². The molecule has 71 heavy (non-hydrogen) atoms. The molecule has 2 amide bonds. The van der Waals surface area contributed by atoms with Gasteiger partial charge in [0.2, 0.25) is 12.2 Å². The maximum atomic E-state index is 14.7. The molecule has 3 saturated heterocycles. The average molecular weight is 967 g/mol. The van der Waals surface area contributed by atoms with Gasteiger partial charge in [-0.1, -0.05) is 5.16 Å². The Balaban J connectivity index is 0.000000134. The second-order valence-corrected chi connectivity index (χ2v) is 18.0. The largest absolute Gasteiger partial charge is 0.460 e. The predicted octanol–water partition coefficient (Wildman–Crippen LogP) is 7.15. The van der Waals surface area contributed by atoms with Gasteiger partial charge in [-0.2, -0.15) is 4.98 Å². The van der Waals surface area contributed by atoms with Gasteiger partial charge in [-0.25, -0.2) is 24.1 Å². The van der Waals surface area contributed by atoms with Gasteiger partial charge in [-0.15, -0.1) is 0 Å². The smallest absolute Gasteiger partial charge is 0.410 e. The summed E-state index contributed by atoms with van der Waals surface area (Å²) in [6, 6.07) is 14.2. The summed E-state index contributed by atoms with van der Waals surface area (Å²) < 4.78 is 41.5. The fourth-order valence-corrected chi connectivity index (χ4v) is 8.86. The van der Waals surface area contributed by atoms with Gasteiger partial charge >= 0.3 is 6.09 Å². The van der Waals surface area contributed by atoms with E-state index < -0.39 is 23.1 Å². The van der Waals surface area contributed by atoms with Crippen LogP contribution in [0.3, 0.4) is 0 Å². The van der Waals surface area contributed by atoms with Crippen molar-refractivity contribution in [1.29, 1.82) is 0 Å². The SMILES string of the molecule is CC(C)(C)OC(=O)N1CCN(c2nccc3ccoc23)CC1.O=C(C(=O)N1CCN(c2nccc3ccoc23)CC1)c1c[nH]c2c(-c3ncon3)ccc(F)c12.c1cc2ccoc2c(N2CCNCC2)n1. The maximum absolute atomic E-state index is 14.7. The Hall–Kier alpha value is -8.33. The van der Waals surface area contributed by atoms with Crippen LogP contribution in [0.15, 0.2) is 116 Å². The number of H-pyrrole nitrogens is 1. The van der Waals surface area contributed by atoms with Gasteiger partial charge in [0.25, 0.3) is 11.7 Å². The van der Waals surface area contributed by atoms with E-state index in [1.807, 2.05) is 68.3 Å². The molecular formula is C50H51FN12O8. The summed E-state index contributed by atoms with van der Waals surface area (Å²) in [7, 11) is 0. The molecular weight excluding hydrogens is 916 g/mol. The first kappa shape index (κ1) is 46.4. The van der Waals surface area contributed by atoms with Gasteiger partial charge in [0.1, 0.15) is 11.4 Å². The number of Topliss-reactive ketones (excluding diaryl/α,β-unsaturated/α-hetero) is 1. The van der Waals surface area contributed by atoms with Crippen molar-refractivity contribution in [2.45, 2.75) is 26.4 Å². The summed E-state index contributed by atoms with van der Waals surface area (Å²) in [4.78, 5) is 68.0. The first-order valence-corrected chi connectivity index (χ1v) is 23.3. The summed E-state index contributed by atoms with van der Waals surface area (Å²) in [5.41, 5.74) is 2.67. The van der Waals surface area contributed by atoms with E-state index in [-0.39, 0.29) is 22.9 Å².